The Morgan fingerprint density at radius 3 is 2.95 bits per heavy atom. The van der Waals surface area contributed by atoms with Gasteiger partial charge in [-0.3, -0.25) is 4.79 Å². The standard InChI is InChI=1S/C14H15ClN2O2S/c1-9(13-3-2-6-19-13)17-14(18)8-20-10-4-5-12(16)11(15)7-10/h2-7,9H,8,16H2,1H3,(H,17,18). The molecule has 0 aliphatic heterocycles. The average molecular weight is 311 g/mol. The second kappa shape index (κ2) is 6.72. The lowest BCUT2D eigenvalue weighted by atomic mass is 10.2. The van der Waals surface area contributed by atoms with E-state index in [1.807, 2.05) is 19.1 Å². The Balaban J connectivity index is 1.84. The zero-order valence-corrected chi connectivity index (χ0v) is 12.5. The fraction of sp³-hybridized carbons (Fsp3) is 0.214. The van der Waals surface area contributed by atoms with Gasteiger partial charge in [0.05, 0.1) is 28.8 Å². The van der Waals surface area contributed by atoms with Crippen LogP contribution < -0.4 is 11.1 Å². The second-order valence-electron chi connectivity index (χ2n) is 4.28. The number of hydrogen-bond donors (Lipinski definition) is 2. The van der Waals surface area contributed by atoms with Crippen LogP contribution in [0.25, 0.3) is 0 Å². The van der Waals surface area contributed by atoms with Crippen LogP contribution in [-0.2, 0) is 4.79 Å². The Morgan fingerprint density at radius 2 is 2.30 bits per heavy atom. The minimum atomic E-state index is -0.145. The number of furan rings is 1. The molecular weight excluding hydrogens is 296 g/mol. The maximum absolute atomic E-state index is 11.8. The molecule has 0 bridgehead atoms. The highest BCUT2D eigenvalue weighted by atomic mass is 35.5. The van der Waals surface area contributed by atoms with Gasteiger partial charge in [0.2, 0.25) is 5.91 Å². The number of halogens is 1. The summed E-state index contributed by atoms with van der Waals surface area (Å²) in [6.45, 7) is 1.88. The number of carbonyl (C=O) groups excluding carboxylic acids is 1. The van der Waals surface area contributed by atoms with Gasteiger partial charge in [-0.2, -0.15) is 0 Å². The van der Waals surface area contributed by atoms with Crippen molar-refractivity contribution in [3.8, 4) is 0 Å². The number of nitrogens with two attached hydrogens (primary N) is 1. The molecule has 1 aromatic heterocycles. The van der Waals surface area contributed by atoms with E-state index < -0.39 is 0 Å². The van der Waals surface area contributed by atoms with Crippen LogP contribution in [0.1, 0.15) is 18.7 Å². The van der Waals surface area contributed by atoms with Gasteiger partial charge in [-0.1, -0.05) is 11.6 Å². The van der Waals surface area contributed by atoms with Gasteiger partial charge in [-0.25, -0.2) is 0 Å². The summed E-state index contributed by atoms with van der Waals surface area (Å²) in [7, 11) is 0. The number of nitrogen functional groups attached to an aromatic ring is 1. The zero-order chi connectivity index (χ0) is 14.5. The predicted molar refractivity (Wildman–Crippen MR) is 81.9 cm³/mol. The molecule has 1 aromatic carbocycles. The fourth-order valence-electron chi connectivity index (χ4n) is 1.64. The van der Waals surface area contributed by atoms with Crippen LogP contribution in [0.5, 0.6) is 0 Å². The smallest absolute Gasteiger partial charge is 0.230 e. The lowest BCUT2D eigenvalue weighted by Crippen LogP contribution is -2.27. The van der Waals surface area contributed by atoms with Crippen molar-refractivity contribution in [2.75, 3.05) is 11.5 Å². The van der Waals surface area contributed by atoms with Gasteiger partial charge < -0.3 is 15.5 Å². The number of benzene rings is 1. The summed E-state index contributed by atoms with van der Waals surface area (Å²) >= 11 is 7.34. The molecule has 0 saturated heterocycles. The summed E-state index contributed by atoms with van der Waals surface area (Å²) in [6, 6.07) is 8.81. The molecule has 2 aromatic rings. The summed E-state index contributed by atoms with van der Waals surface area (Å²) < 4.78 is 5.23. The zero-order valence-electron chi connectivity index (χ0n) is 10.9. The van der Waals surface area contributed by atoms with Crippen molar-refractivity contribution in [1.29, 1.82) is 0 Å². The van der Waals surface area contributed by atoms with Gasteiger partial charge in [-0.15, -0.1) is 11.8 Å². The third-order valence-corrected chi connectivity index (χ3v) is 4.01. The van der Waals surface area contributed by atoms with E-state index in [1.165, 1.54) is 11.8 Å². The van der Waals surface area contributed by atoms with E-state index in [1.54, 1.807) is 24.5 Å². The number of amides is 1. The average Bonchev–Trinajstić information content (AvgIpc) is 2.94. The van der Waals surface area contributed by atoms with Crippen molar-refractivity contribution in [3.63, 3.8) is 0 Å². The highest BCUT2D eigenvalue weighted by molar-refractivity contribution is 8.00. The Kier molecular flexibility index (Phi) is 4.98. The molecule has 2 rings (SSSR count). The predicted octanol–water partition coefficient (Wildman–Crippen LogP) is 3.48. The molecule has 1 amide bonds. The van der Waals surface area contributed by atoms with E-state index in [0.29, 0.717) is 16.5 Å². The van der Waals surface area contributed by atoms with E-state index >= 15 is 0 Å². The molecule has 106 valence electrons. The fourth-order valence-corrected chi connectivity index (χ4v) is 2.63. The maximum Gasteiger partial charge on any atom is 0.230 e. The van der Waals surface area contributed by atoms with Gasteiger partial charge in [0, 0.05) is 4.90 Å². The molecule has 0 fully saturated rings. The molecule has 1 heterocycles. The van der Waals surface area contributed by atoms with Crippen LogP contribution in [0.15, 0.2) is 45.9 Å². The lowest BCUT2D eigenvalue weighted by molar-refractivity contribution is -0.119. The van der Waals surface area contributed by atoms with Crippen LogP contribution >= 0.6 is 23.4 Å². The summed E-state index contributed by atoms with van der Waals surface area (Å²) in [6.07, 6.45) is 1.59. The molecule has 3 N–H and O–H groups in total. The normalized spacial score (nSPS) is 12.1. The van der Waals surface area contributed by atoms with E-state index in [2.05, 4.69) is 5.32 Å². The molecule has 4 nitrogen and oxygen atoms in total. The molecular formula is C14H15ClN2O2S. The summed E-state index contributed by atoms with van der Waals surface area (Å²) in [4.78, 5) is 12.7. The first kappa shape index (κ1) is 14.8. The first-order valence-corrected chi connectivity index (χ1v) is 7.43. The lowest BCUT2D eigenvalue weighted by Gasteiger charge is -2.11. The summed E-state index contributed by atoms with van der Waals surface area (Å²) in [5.41, 5.74) is 6.17. The summed E-state index contributed by atoms with van der Waals surface area (Å²) in [5.74, 6) is 0.983. The SMILES string of the molecule is CC(NC(=O)CSc1ccc(N)c(Cl)c1)c1ccco1. The Bertz CT molecular complexity index is 587. The molecule has 20 heavy (non-hydrogen) atoms. The third-order valence-electron chi connectivity index (χ3n) is 2.69. The van der Waals surface area contributed by atoms with Crippen molar-refractivity contribution in [3.05, 3.63) is 47.4 Å². The first-order chi connectivity index (χ1) is 9.56. The van der Waals surface area contributed by atoms with E-state index in [0.717, 1.165) is 10.7 Å². The van der Waals surface area contributed by atoms with Crippen LogP contribution in [0.3, 0.4) is 0 Å². The number of rotatable bonds is 5. The van der Waals surface area contributed by atoms with E-state index in [-0.39, 0.29) is 11.9 Å². The molecule has 0 aliphatic rings. The Morgan fingerprint density at radius 1 is 1.50 bits per heavy atom. The number of thioether (sulfide) groups is 1. The highest BCUT2D eigenvalue weighted by Crippen LogP contribution is 2.26. The molecule has 0 radical (unpaired) electrons. The number of carbonyl (C=O) groups is 1. The molecule has 6 heteroatoms. The molecule has 1 unspecified atom stereocenters. The van der Waals surface area contributed by atoms with Crippen LogP contribution in [0, 0.1) is 0 Å². The number of anilines is 1. The topological polar surface area (TPSA) is 68.3 Å². The Hall–Kier alpha value is -1.59. The van der Waals surface area contributed by atoms with Crippen molar-refractivity contribution in [2.24, 2.45) is 0 Å². The molecule has 0 saturated carbocycles. The second-order valence-corrected chi connectivity index (χ2v) is 5.73. The van der Waals surface area contributed by atoms with Gasteiger partial charge in [-0.05, 0) is 37.3 Å². The minimum absolute atomic E-state index is 0.0631. The maximum atomic E-state index is 11.8. The first-order valence-electron chi connectivity index (χ1n) is 6.07. The monoisotopic (exact) mass is 310 g/mol. The van der Waals surface area contributed by atoms with Crippen molar-refractivity contribution in [1.82, 2.24) is 5.32 Å². The van der Waals surface area contributed by atoms with Gasteiger partial charge in [0.15, 0.2) is 0 Å². The van der Waals surface area contributed by atoms with Crippen molar-refractivity contribution in [2.45, 2.75) is 17.9 Å². The van der Waals surface area contributed by atoms with E-state index in [4.69, 9.17) is 21.8 Å². The Labute approximate surface area is 126 Å². The van der Waals surface area contributed by atoms with Gasteiger partial charge in [0.1, 0.15) is 5.76 Å². The minimum Gasteiger partial charge on any atom is -0.467 e. The quantitative estimate of drug-likeness (QED) is 0.655. The highest BCUT2D eigenvalue weighted by Gasteiger charge is 2.12. The van der Waals surface area contributed by atoms with Gasteiger partial charge in [0.25, 0.3) is 0 Å². The summed E-state index contributed by atoms with van der Waals surface area (Å²) in [5, 5.41) is 3.37. The third kappa shape index (κ3) is 3.95. The number of hydrogen-bond acceptors (Lipinski definition) is 4. The molecule has 1 atom stereocenters. The van der Waals surface area contributed by atoms with Crippen molar-refractivity contribution >= 4 is 35.0 Å². The van der Waals surface area contributed by atoms with Gasteiger partial charge >= 0.3 is 0 Å². The molecule has 0 aliphatic carbocycles. The number of nitrogens with one attached hydrogen (secondary N) is 1. The van der Waals surface area contributed by atoms with Crippen molar-refractivity contribution < 1.29 is 9.21 Å². The van der Waals surface area contributed by atoms with Crippen LogP contribution in [-0.4, -0.2) is 11.7 Å². The molecule has 0 spiro atoms. The van der Waals surface area contributed by atoms with Crippen LogP contribution in [0.2, 0.25) is 5.02 Å². The van der Waals surface area contributed by atoms with Crippen LogP contribution in [0.4, 0.5) is 5.69 Å². The largest absolute Gasteiger partial charge is 0.467 e. The van der Waals surface area contributed by atoms with E-state index in [9.17, 15) is 4.79 Å².